The molecule has 1 heteroatoms. The highest BCUT2D eigenvalue weighted by Gasteiger charge is 2.53. The van der Waals surface area contributed by atoms with Gasteiger partial charge in [-0.25, -0.2) is 0 Å². The van der Waals surface area contributed by atoms with Gasteiger partial charge in [-0.05, 0) is 125 Å². The van der Waals surface area contributed by atoms with E-state index in [1.165, 1.54) is 106 Å². The summed E-state index contributed by atoms with van der Waals surface area (Å²) in [6, 6.07) is 89.4. The molecule has 0 bridgehead atoms. The minimum absolute atomic E-state index is 0.165. The van der Waals surface area contributed by atoms with Crippen LogP contribution in [0.25, 0.3) is 44.5 Å². The summed E-state index contributed by atoms with van der Waals surface area (Å²) in [5.41, 5.74) is 26.0. The lowest BCUT2D eigenvalue weighted by atomic mass is 9.68. The maximum atomic E-state index is 2.58. The SMILES string of the molecule is CC1(C)c2ccccc2-c2ccc(N(c3ccc4c(c3)-c3ccccc3C4(c3ccccc3)c3ccccc3)c3cccc4c3-c3ccccc3C43c4ccccc4-c4ccccc43)cc21. The first-order valence-electron chi connectivity index (χ1n) is 23.3. The first-order chi connectivity index (χ1) is 32.5. The van der Waals surface area contributed by atoms with Crippen LogP contribution in [0.1, 0.15) is 69.5 Å². The predicted molar refractivity (Wildman–Crippen MR) is 272 cm³/mol. The van der Waals surface area contributed by atoms with E-state index < -0.39 is 10.8 Å². The Morgan fingerprint density at radius 2 is 0.682 bits per heavy atom. The van der Waals surface area contributed by atoms with E-state index in [1.807, 2.05) is 0 Å². The molecule has 0 aromatic heterocycles. The third-order valence-electron chi connectivity index (χ3n) is 15.8. The first-order valence-corrected chi connectivity index (χ1v) is 23.3. The molecular weight excluding hydrogens is 795 g/mol. The predicted octanol–water partition coefficient (Wildman–Crippen LogP) is 16.2. The second-order valence-corrected chi connectivity index (χ2v) is 19.1. The molecule has 4 aliphatic carbocycles. The normalized spacial score (nSPS) is 15.2. The van der Waals surface area contributed by atoms with Crippen LogP contribution in [0.2, 0.25) is 0 Å². The summed E-state index contributed by atoms with van der Waals surface area (Å²) in [5, 5.41) is 0. The van der Waals surface area contributed by atoms with Crippen LogP contribution in [0.4, 0.5) is 17.1 Å². The van der Waals surface area contributed by atoms with E-state index in [4.69, 9.17) is 0 Å². The molecule has 0 radical (unpaired) electrons. The second kappa shape index (κ2) is 13.5. The van der Waals surface area contributed by atoms with E-state index in [9.17, 15) is 0 Å². The van der Waals surface area contributed by atoms with Gasteiger partial charge in [0.05, 0.1) is 16.5 Å². The van der Waals surface area contributed by atoms with Crippen LogP contribution in [-0.2, 0) is 16.2 Å². The Morgan fingerprint density at radius 3 is 1.29 bits per heavy atom. The van der Waals surface area contributed by atoms with Crippen molar-refractivity contribution >= 4 is 17.1 Å². The van der Waals surface area contributed by atoms with Crippen LogP contribution in [-0.4, -0.2) is 0 Å². The van der Waals surface area contributed by atoms with Gasteiger partial charge in [-0.1, -0.05) is 220 Å². The van der Waals surface area contributed by atoms with Gasteiger partial charge in [-0.3, -0.25) is 0 Å². The molecule has 0 N–H and O–H groups in total. The van der Waals surface area contributed by atoms with Gasteiger partial charge in [0.15, 0.2) is 0 Å². The number of nitrogens with zero attached hydrogens (tertiary/aromatic N) is 1. The van der Waals surface area contributed by atoms with Crippen molar-refractivity contribution in [3.63, 3.8) is 0 Å². The quantitative estimate of drug-likeness (QED) is 0.167. The fraction of sp³-hybridized carbons (Fsp3) is 0.0769. The summed E-state index contributed by atoms with van der Waals surface area (Å²) >= 11 is 0. The standard InChI is InChI=1S/C65H45N/c1-63(2)53-29-14-9-24-46(53)50-38-36-45(41-60(50)63)66(44-37-39-58-52(40-44)49-27-12-15-30-54(49)64(58,42-20-5-3-6-21-42)43-22-7-4-8-23-43)61-35-19-34-59-62(61)51-28-13-18-33-57(51)65(59)55-31-16-10-25-47(55)48-26-11-17-32-56(48)65/h3-41H,1-2H3. The minimum Gasteiger partial charge on any atom is -0.310 e. The van der Waals surface area contributed by atoms with Crippen molar-refractivity contribution in [1.29, 1.82) is 0 Å². The zero-order valence-corrected chi connectivity index (χ0v) is 37.0. The highest BCUT2D eigenvalue weighted by Crippen LogP contribution is 2.65. The van der Waals surface area contributed by atoms with E-state index in [-0.39, 0.29) is 5.41 Å². The van der Waals surface area contributed by atoms with Crippen molar-refractivity contribution in [2.45, 2.75) is 30.1 Å². The Labute approximate surface area is 387 Å². The van der Waals surface area contributed by atoms with Gasteiger partial charge in [0.25, 0.3) is 0 Å². The molecule has 1 nitrogen and oxygen atoms in total. The highest BCUT2D eigenvalue weighted by atomic mass is 15.1. The number of rotatable bonds is 5. The monoisotopic (exact) mass is 839 g/mol. The van der Waals surface area contributed by atoms with Gasteiger partial charge in [-0.15, -0.1) is 0 Å². The maximum Gasteiger partial charge on any atom is 0.0726 e. The molecule has 66 heavy (non-hydrogen) atoms. The van der Waals surface area contributed by atoms with E-state index in [1.54, 1.807) is 0 Å². The lowest BCUT2D eigenvalue weighted by molar-refractivity contribution is 0.660. The number of benzene rings is 10. The molecule has 1 spiro atoms. The molecule has 0 fully saturated rings. The fourth-order valence-electron chi connectivity index (χ4n) is 13.1. The van der Waals surface area contributed by atoms with Gasteiger partial charge >= 0.3 is 0 Å². The Bertz CT molecular complexity index is 3550. The van der Waals surface area contributed by atoms with Gasteiger partial charge < -0.3 is 4.90 Å². The van der Waals surface area contributed by atoms with Gasteiger partial charge in [0.2, 0.25) is 0 Å². The molecule has 0 saturated heterocycles. The first kappa shape index (κ1) is 37.4. The summed E-state index contributed by atoms with van der Waals surface area (Å²) in [5.74, 6) is 0. The van der Waals surface area contributed by atoms with Crippen molar-refractivity contribution < 1.29 is 0 Å². The van der Waals surface area contributed by atoms with Crippen molar-refractivity contribution in [2.24, 2.45) is 0 Å². The van der Waals surface area contributed by atoms with Crippen molar-refractivity contribution in [2.75, 3.05) is 4.90 Å². The molecule has 10 aromatic carbocycles. The summed E-state index contributed by atoms with van der Waals surface area (Å²) < 4.78 is 0. The Kier molecular flexibility index (Phi) is 7.66. The third-order valence-corrected chi connectivity index (χ3v) is 15.8. The number of hydrogen-bond donors (Lipinski definition) is 0. The zero-order valence-electron chi connectivity index (χ0n) is 37.0. The Hall–Kier alpha value is -8.00. The largest absolute Gasteiger partial charge is 0.310 e. The second-order valence-electron chi connectivity index (χ2n) is 19.1. The average molecular weight is 840 g/mol. The molecule has 310 valence electrons. The van der Waals surface area contributed by atoms with Crippen LogP contribution in [0.15, 0.2) is 237 Å². The zero-order chi connectivity index (χ0) is 43.8. The molecule has 0 amide bonds. The van der Waals surface area contributed by atoms with Crippen molar-refractivity contribution in [3.05, 3.63) is 292 Å². The van der Waals surface area contributed by atoms with E-state index in [0.29, 0.717) is 0 Å². The lowest BCUT2D eigenvalue weighted by Crippen LogP contribution is -2.28. The molecule has 0 unspecified atom stereocenters. The van der Waals surface area contributed by atoms with E-state index >= 15 is 0 Å². The molecule has 0 atom stereocenters. The molecule has 4 aliphatic rings. The van der Waals surface area contributed by atoms with Crippen LogP contribution >= 0.6 is 0 Å². The van der Waals surface area contributed by atoms with Crippen molar-refractivity contribution in [1.82, 2.24) is 0 Å². The smallest absolute Gasteiger partial charge is 0.0726 e. The van der Waals surface area contributed by atoms with Gasteiger partial charge in [-0.2, -0.15) is 0 Å². The molecular formula is C65H45N. The lowest BCUT2D eigenvalue weighted by Gasteiger charge is -2.34. The number of hydrogen-bond acceptors (Lipinski definition) is 1. The maximum absolute atomic E-state index is 2.58. The summed E-state index contributed by atoms with van der Waals surface area (Å²) in [6.45, 7) is 4.78. The molecule has 0 aliphatic heterocycles. The van der Waals surface area contributed by atoms with Crippen LogP contribution in [0.5, 0.6) is 0 Å². The van der Waals surface area contributed by atoms with Crippen molar-refractivity contribution in [3.8, 4) is 44.5 Å². The summed E-state index contributed by atoms with van der Waals surface area (Å²) in [4.78, 5) is 2.58. The molecule has 0 heterocycles. The summed E-state index contributed by atoms with van der Waals surface area (Å²) in [7, 11) is 0. The Morgan fingerprint density at radius 1 is 0.273 bits per heavy atom. The third kappa shape index (κ3) is 4.64. The van der Waals surface area contributed by atoms with E-state index in [0.717, 1.165) is 11.4 Å². The van der Waals surface area contributed by atoms with E-state index in [2.05, 4.69) is 255 Å². The van der Waals surface area contributed by atoms with Crippen LogP contribution in [0.3, 0.4) is 0 Å². The highest BCUT2D eigenvalue weighted by molar-refractivity contribution is 6.02. The average Bonchev–Trinajstić information content (AvgIpc) is 4.04. The topological polar surface area (TPSA) is 3.24 Å². The van der Waals surface area contributed by atoms with Crippen LogP contribution in [0, 0.1) is 0 Å². The minimum atomic E-state index is -0.482. The molecule has 14 rings (SSSR count). The van der Waals surface area contributed by atoms with Gasteiger partial charge in [0.1, 0.15) is 0 Å². The van der Waals surface area contributed by atoms with Crippen LogP contribution < -0.4 is 4.90 Å². The Balaban J connectivity index is 1.06. The van der Waals surface area contributed by atoms with Gasteiger partial charge in [0, 0.05) is 22.4 Å². The number of anilines is 3. The molecule has 0 saturated carbocycles. The summed E-state index contributed by atoms with van der Waals surface area (Å²) in [6.07, 6.45) is 0. The molecule has 10 aromatic rings. The number of fused-ring (bicyclic) bond motifs is 16. The fourth-order valence-corrected chi connectivity index (χ4v) is 13.1.